The van der Waals surface area contributed by atoms with E-state index in [0.717, 1.165) is 0 Å². The smallest absolute Gasteiger partial charge is 0.253 e. The third-order valence-electron chi connectivity index (χ3n) is 3.05. The van der Waals surface area contributed by atoms with E-state index < -0.39 is 41.0 Å². The molecule has 0 aliphatic rings. The van der Waals surface area contributed by atoms with E-state index >= 15 is 0 Å². The number of nitrogens with zero attached hydrogens (tertiary/aromatic N) is 1. The number of pyridine rings is 1. The Morgan fingerprint density at radius 2 is 1.80 bits per heavy atom. The van der Waals surface area contributed by atoms with Crippen LogP contribution < -0.4 is 16.8 Å². The minimum Gasteiger partial charge on any atom is -0.328 e. The number of nitrogens with one attached hydrogen (secondary N) is 1. The van der Waals surface area contributed by atoms with Crippen molar-refractivity contribution in [3.63, 3.8) is 0 Å². The number of benzene rings is 1. The molecule has 2 rings (SSSR count). The van der Waals surface area contributed by atoms with E-state index in [4.69, 9.17) is 11.5 Å². The highest BCUT2D eigenvalue weighted by atomic mass is 19.2. The van der Waals surface area contributed by atoms with Gasteiger partial charge in [0.1, 0.15) is 5.56 Å². The zero-order valence-electron chi connectivity index (χ0n) is 12.6. The van der Waals surface area contributed by atoms with Crippen LogP contribution in [0.2, 0.25) is 0 Å². The first-order valence-corrected chi connectivity index (χ1v) is 6.92. The molecule has 130 valence electrons. The minimum absolute atomic E-state index is 0.0525. The molecule has 0 saturated heterocycles. The normalized spacial score (nSPS) is 11.4. The number of anilines is 1. The van der Waals surface area contributed by atoms with Gasteiger partial charge in [-0.1, -0.05) is 17.9 Å². The summed E-state index contributed by atoms with van der Waals surface area (Å²) in [6.07, 6.45) is 0. The summed E-state index contributed by atoms with van der Waals surface area (Å²) in [7, 11) is 0. The molecule has 5 nitrogen and oxygen atoms in total. The standard InChI is InChI=1S/C16H12F4N4O/c17-12-10(13(18)15(20)24-14(12)19)5-4-8-2-1-3-9(6-8)23-16(25)11(22)7-21/h1-3,6,11H,7,21-22H2,(H,23,25). The molecule has 25 heavy (non-hydrogen) atoms. The quantitative estimate of drug-likeness (QED) is 0.440. The summed E-state index contributed by atoms with van der Waals surface area (Å²) >= 11 is 0. The third-order valence-corrected chi connectivity index (χ3v) is 3.05. The number of nitrogens with two attached hydrogens (primary N) is 2. The second kappa shape index (κ2) is 7.74. The largest absolute Gasteiger partial charge is 0.328 e. The summed E-state index contributed by atoms with van der Waals surface area (Å²) in [4.78, 5) is 14.1. The second-order valence-electron chi connectivity index (χ2n) is 4.86. The molecule has 0 aliphatic carbocycles. The number of halogens is 4. The highest BCUT2D eigenvalue weighted by molar-refractivity contribution is 5.94. The molecule has 9 heteroatoms. The minimum atomic E-state index is -1.79. The van der Waals surface area contributed by atoms with Crippen molar-refractivity contribution in [3.05, 3.63) is 58.9 Å². The van der Waals surface area contributed by atoms with Crippen LogP contribution in [0.3, 0.4) is 0 Å². The van der Waals surface area contributed by atoms with Crippen LogP contribution in [0.1, 0.15) is 11.1 Å². The van der Waals surface area contributed by atoms with Gasteiger partial charge in [0.25, 0.3) is 11.9 Å². The Morgan fingerprint density at radius 3 is 2.40 bits per heavy atom. The predicted octanol–water partition coefficient (Wildman–Crippen LogP) is 1.26. The van der Waals surface area contributed by atoms with Crippen molar-refractivity contribution < 1.29 is 22.4 Å². The molecule has 1 amide bonds. The summed E-state index contributed by atoms with van der Waals surface area (Å²) in [5, 5.41) is 2.48. The van der Waals surface area contributed by atoms with Gasteiger partial charge in [0, 0.05) is 17.8 Å². The van der Waals surface area contributed by atoms with Crippen LogP contribution in [0, 0.1) is 35.4 Å². The maximum absolute atomic E-state index is 13.5. The van der Waals surface area contributed by atoms with Crippen LogP contribution in [-0.2, 0) is 4.79 Å². The van der Waals surface area contributed by atoms with Gasteiger partial charge in [-0.3, -0.25) is 4.79 Å². The topological polar surface area (TPSA) is 94.0 Å². The molecule has 1 aromatic carbocycles. The lowest BCUT2D eigenvalue weighted by Crippen LogP contribution is -2.41. The van der Waals surface area contributed by atoms with Gasteiger partial charge in [-0.25, -0.2) is 8.78 Å². The van der Waals surface area contributed by atoms with Gasteiger partial charge in [-0.2, -0.15) is 13.8 Å². The van der Waals surface area contributed by atoms with Crippen molar-refractivity contribution in [1.82, 2.24) is 4.98 Å². The Hall–Kier alpha value is -2.96. The number of hydrogen-bond acceptors (Lipinski definition) is 4. The van der Waals surface area contributed by atoms with Crippen LogP contribution >= 0.6 is 0 Å². The third kappa shape index (κ3) is 4.32. The lowest BCUT2D eigenvalue weighted by atomic mass is 10.1. The van der Waals surface area contributed by atoms with Crippen molar-refractivity contribution in [3.8, 4) is 11.8 Å². The molecule has 1 aromatic heterocycles. The lowest BCUT2D eigenvalue weighted by Gasteiger charge is -2.09. The summed E-state index contributed by atoms with van der Waals surface area (Å²) in [6, 6.07) is 4.99. The molecule has 0 radical (unpaired) electrons. The van der Waals surface area contributed by atoms with E-state index in [1.54, 1.807) is 0 Å². The number of amides is 1. The number of rotatable bonds is 3. The first kappa shape index (κ1) is 18.4. The molecule has 0 spiro atoms. The Bertz CT molecular complexity index is 850. The monoisotopic (exact) mass is 352 g/mol. The molecular weight excluding hydrogens is 340 g/mol. The van der Waals surface area contributed by atoms with Gasteiger partial charge in [0.2, 0.25) is 5.91 Å². The Labute approximate surface area is 140 Å². The van der Waals surface area contributed by atoms with Crippen molar-refractivity contribution in [2.75, 3.05) is 11.9 Å². The number of aromatic nitrogens is 1. The van der Waals surface area contributed by atoms with Crippen LogP contribution in [-0.4, -0.2) is 23.5 Å². The van der Waals surface area contributed by atoms with Crippen LogP contribution in [0.4, 0.5) is 23.2 Å². The van der Waals surface area contributed by atoms with E-state index in [9.17, 15) is 22.4 Å². The van der Waals surface area contributed by atoms with Gasteiger partial charge < -0.3 is 16.8 Å². The summed E-state index contributed by atoms with van der Waals surface area (Å²) < 4.78 is 53.1. The van der Waals surface area contributed by atoms with Gasteiger partial charge in [-0.05, 0) is 18.2 Å². The van der Waals surface area contributed by atoms with Crippen LogP contribution in [0.15, 0.2) is 24.3 Å². The first-order valence-electron chi connectivity index (χ1n) is 6.92. The second-order valence-corrected chi connectivity index (χ2v) is 4.86. The zero-order chi connectivity index (χ0) is 18.6. The molecule has 0 fully saturated rings. The zero-order valence-corrected chi connectivity index (χ0v) is 12.6. The molecular formula is C16H12F4N4O. The molecule has 0 bridgehead atoms. The summed E-state index contributed by atoms with van der Waals surface area (Å²) in [6.45, 7) is -0.0525. The van der Waals surface area contributed by atoms with Crippen LogP contribution in [0.25, 0.3) is 0 Å². The van der Waals surface area contributed by atoms with Gasteiger partial charge in [0.05, 0.1) is 6.04 Å². The van der Waals surface area contributed by atoms with E-state index in [-0.39, 0.29) is 12.1 Å². The van der Waals surface area contributed by atoms with Crippen molar-refractivity contribution in [2.24, 2.45) is 11.5 Å². The fourth-order valence-corrected chi connectivity index (χ4v) is 1.75. The maximum Gasteiger partial charge on any atom is 0.253 e. The van der Waals surface area contributed by atoms with Crippen LogP contribution in [0.5, 0.6) is 0 Å². The Morgan fingerprint density at radius 1 is 1.16 bits per heavy atom. The van der Waals surface area contributed by atoms with Crippen molar-refractivity contribution in [2.45, 2.75) is 6.04 Å². The molecule has 1 unspecified atom stereocenters. The van der Waals surface area contributed by atoms with E-state index in [2.05, 4.69) is 16.2 Å². The highest BCUT2D eigenvalue weighted by Gasteiger charge is 2.19. The number of hydrogen-bond donors (Lipinski definition) is 3. The van der Waals surface area contributed by atoms with Gasteiger partial charge >= 0.3 is 0 Å². The fourth-order valence-electron chi connectivity index (χ4n) is 1.75. The maximum atomic E-state index is 13.5. The highest BCUT2D eigenvalue weighted by Crippen LogP contribution is 2.16. The average Bonchev–Trinajstić information content (AvgIpc) is 2.59. The average molecular weight is 352 g/mol. The first-order chi connectivity index (χ1) is 11.8. The van der Waals surface area contributed by atoms with Gasteiger partial charge in [-0.15, -0.1) is 0 Å². The number of carbonyl (C=O) groups is 1. The predicted molar refractivity (Wildman–Crippen MR) is 82.2 cm³/mol. The molecule has 0 saturated carbocycles. The molecule has 1 atom stereocenters. The van der Waals surface area contributed by atoms with Crippen molar-refractivity contribution in [1.29, 1.82) is 0 Å². The van der Waals surface area contributed by atoms with E-state index in [1.165, 1.54) is 24.3 Å². The lowest BCUT2D eigenvalue weighted by molar-refractivity contribution is -0.117. The molecule has 2 aromatic rings. The molecule has 0 aliphatic heterocycles. The van der Waals surface area contributed by atoms with Gasteiger partial charge in [0.15, 0.2) is 11.6 Å². The van der Waals surface area contributed by atoms with Crippen molar-refractivity contribution >= 4 is 11.6 Å². The fraction of sp³-hybridized carbons (Fsp3) is 0.125. The van der Waals surface area contributed by atoms with E-state index in [1.807, 2.05) is 5.92 Å². The summed E-state index contributed by atoms with van der Waals surface area (Å²) in [5.74, 6) is -3.12. The molecule has 5 N–H and O–H groups in total. The Balaban J connectivity index is 2.31. The van der Waals surface area contributed by atoms with E-state index in [0.29, 0.717) is 5.69 Å². The summed E-state index contributed by atoms with van der Waals surface area (Å²) in [5.41, 5.74) is 10.2. The molecule has 1 heterocycles. The number of carbonyl (C=O) groups excluding carboxylic acids is 1. The Kier molecular flexibility index (Phi) is 5.69. The SMILES string of the molecule is NCC(N)C(=O)Nc1cccc(C#Cc2c(F)c(F)nc(F)c2F)c1.